The van der Waals surface area contributed by atoms with E-state index in [4.69, 9.17) is 0 Å². The van der Waals surface area contributed by atoms with Crippen LogP contribution in [0.2, 0.25) is 0 Å². The Kier molecular flexibility index (Phi) is 4.56. The summed E-state index contributed by atoms with van der Waals surface area (Å²) in [4.78, 5) is 0. The van der Waals surface area contributed by atoms with Crippen molar-refractivity contribution in [2.24, 2.45) is 5.92 Å². The van der Waals surface area contributed by atoms with Crippen molar-refractivity contribution in [2.75, 3.05) is 0 Å². The topological polar surface area (TPSA) is 40.5 Å². The summed E-state index contributed by atoms with van der Waals surface area (Å²) in [6, 6.07) is 0. The van der Waals surface area contributed by atoms with Crippen molar-refractivity contribution in [1.29, 1.82) is 0 Å². The van der Waals surface area contributed by atoms with Crippen LogP contribution in [0, 0.1) is 5.92 Å². The van der Waals surface area contributed by atoms with Crippen LogP contribution < -0.4 is 0 Å². The third-order valence-electron chi connectivity index (χ3n) is 3.57. The van der Waals surface area contributed by atoms with E-state index in [1.165, 1.54) is 5.57 Å². The largest absolute Gasteiger partial charge is 0.390 e. The molecule has 2 atom stereocenters. The molecule has 1 rings (SSSR count). The van der Waals surface area contributed by atoms with E-state index in [0.717, 1.165) is 19.3 Å². The van der Waals surface area contributed by atoms with Crippen molar-refractivity contribution in [2.45, 2.75) is 64.6 Å². The van der Waals surface area contributed by atoms with Crippen LogP contribution in [-0.4, -0.2) is 21.4 Å². The van der Waals surface area contributed by atoms with E-state index in [1.807, 2.05) is 13.0 Å². The average molecular weight is 238 g/mol. The second-order valence-electron chi connectivity index (χ2n) is 6.14. The van der Waals surface area contributed by atoms with E-state index < -0.39 is 11.2 Å². The number of rotatable bonds is 4. The molecule has 1 unspecified atom stereocenters. The summed E-state index contributed by atoms with van der Waals surface area (Å²) in [5.41, 5.74) is -0.0259. The third-order valence-corrected chi connectivity index (χ3v) is 3.57. The molecule has 0 aromatic carbocycles. The molecule has 17 heavy (non-hydrogen) atoms. The van der Waals surface area contributed by atoms with E-state index in [1.54, 1.807) is 19.9 Å². The standard InChI is InChI=1S/C15H26O2/c1-12-6-8-13(9-7-12)15(4,17)11-5-10-14(2,3)16/h5-6,10,13,16-17H,7-9,11H2,1-4H3/b10-5+/t13?,15-/m0/s1. The first kappa shape index (κ1) is 14.5. The average Bonchev–Trinajstić information content (AvgIpc) is 2.15. The van der Waals surface area contributed by atoms with Crippen LogP contribution >= 0.6 is 0 Å². The Balaban J connectivity index is 2.54. The summed E-state index contributed by atoms with van der Waals surface area (Å²) in [5, 5.41) is 20.0. The van der Waals surface area contributed by atoms with Crippen LogP contribution in [-0.2, 0) is 0 Å². The molecule has 0 amide bonds. The van der Waals surface area contributed by atoms with Crippen LogP contribution in [0.4, 0.5) is 0 Å². The first-order valence-electron chi connectivity index (χ1n) is 6.49. The Morgan fingerprint density at radius 1 is 1.35 bits per heavy atom. The molecule has 1 aliphatic rings. The molecular weight excluding hydrogens is 212 g/mol. The van der Waals surface area contributed by atoms with Gasteiger partial charge in [0.05, 0.1) is 11.2 Å². The zero-order valence-corrected chi connectivity index (χ0v) is 11.5. The van der Waals surface area contributed by atoms with Crippen LogP contribution in [0.15, 0.2) is 23.8 Å². The van der Waals surface area contributed by atoms with Gasteiger partial charge >= 0.3 is 0 Å². The molecule has 0 aromatic heterocycles. The van der Waals surface area contributed by atoms with Crippen molar-refractivity contribution in [1.82, 2.24) is 0 Å². The molecule has 0 heterocycles. The smallest absolute Gasteiger partial charge is 0.0771 e. The predicted molar refractivity (Wildman–Crippen MR) is 71.8 cm³/mol. The van der Waals surface area contributed by atoms with Gasteiger partial charge < -0.3 is 10.2 Å². The lowest BCUT2D eigenvalue weighted by Gasteiger charge is -2.34. The van der Waals surface area contributed by atoms with Gasteiger partial charge in [-0.3, -0.25) is 0 Å². The van der Waals surface area contributed by atoms with Gasteiger partial charge in [-0.25, -0.2) is 0 Å². The fourth-order valence-electron chi connectivity index (χ4n) is 2.28. The Labute approximate surface area is 105 Å². The fraction of sp³-hybridized carbons (Fsp3) is 0.733. The summed E-state index contributed by atoms with van der Waals surface area (Å²) in [7, 11) is 0. The van der Waals surface area contributed by atoms with Crippen molar-refractivity contribution >= 4 is 0 Å². The van der Waals surface area contributed by atoms with E-state index in [9.17, 15) is 10.2 Å². The molecule has 0 fully saturated rings. The van der Waals surface area contributed by atoms with Crippen molar-refractivity contribution in [3.8, 4) is 0 Å². The molecule has 0 radical (unpaired) electrons. The first-order valence-corrected chi connectivity index (χ1v) is 6.49. The van der Waals surface area contributed by atoms with E-state index in [0.29, 0.717) is 12.3 Å². The summed E-state index contributed by atoms with van der Waals surface area (Å²) in [6.45, 7) is 7.54. The van der Waals surface area contributed by atoms with Gasteiger partial charge in [-0.05, 0) is 59.3 Å². The summed E-state index contributed by atoms with van der Waals surface area (Å²) in [5.74, 6) is 0.331. The van der Waals surface area contributed by atoms with Gasteiger partial charge in [0.15, 0.2) is 0 Å². The van der Waals surface area contributed by atoms with Crippen molar-refractivity contribution in [3.05, 3.63) is 23.8 Å². The molecule has 0 saturated heterocycles. The number of hydrogen-bond donors (Lipinski definition) is 2. The van der Waals surface area contributed by atoms with Gasteiger partial charge in [0.2, 0.25) is 0 Å². The highest BCUT2D eigenvalue weighted by molar-refractivity contribution is 5.07. The molecule has 0 aromatic rings. The zero-order chi connectivity index (χ0) is 13.1. The Hall–Kier alpha value is -0.600. The molecule has 2 heteroatoms. The summed E-state index contributed by atoms with van der Waals surface area (Å²) < 4.78 is 0. The van der Waals surface area contributed by atoms with Crippen LogP contribution in [0.1, 0.15) is 53.4 Å². The highest BCUT2D eigenvalue weighted by atomic mass is 16.3. The predicted octanol–water partition coefficient (Wildman–Crippen LogP) is 3.20. The molecule has 0 spiro atoms. The molecule has 1 aliphatic carbocycles. The molecule has 98 valence electrons. The lowest BCUT2D eigenvalue weighted by Crippen LogP contribution is -2.35. The normalized spacial score (nSPS) is 25.8. The molecule has 2 N–H and O–H groups in total. The van der Waals surface area contributed by atoms with Gasteiger partial charge in [0, 0.05) is 0 Å². The van der Waals surface area contributed by atoms with Gasteiger partial charge in [-0.1, -0.05) is 23.8 Å². The Bertz CT molecular complexity index is 305. The number of hydrogen-bond acceptors (Lipinski definition) is 2. The van der Waals surface area contributed by atoms with Gasteiger partial charge in [-0.15, -0.1) is 0 Å². The molecule has 2 nitrogen and oxygen atoms in total. The third kappa shape index (κ3) is 5.05. The minimum Gasteiger partial charge on any atom is -0.390 e. The zero-order valence-electron chi connectivity index (χ0n) is 11.5. The highest BCUT2D eigenvalue weighted by Crippen LogP contribution is 2.34. The fourth-order valence-corrected chi connectivity index (χ4v) is 2.28. The van der Waals surface area contributed by atoms with Gasteiger partial charge in [0.25, 0.3) is 0 Å². The van der Waals surface area contributed by atoms with Gasteiger partial charge in [0.1, 0.15) is 0 Å². The summed E-state index contributed by atoms with van der Waals surface area (Å²) >= 11 is 0. The van der Waals surface area contributed by atoms with Crippen LogP contribution in [0.25, 0.3) is 0 Å². The van der Waals surface area contributed by atoms with E-state index in [-0.39, 0.29) is 0 Å². The highest BCUT2D eigenvalue weighted by Gasteiger charge is 2.31. The minimum absolute atomic E-state index is 0.331. The molecule has 0 bridgehead atoms. The lowest BCUT2D eigenvalue weighted by atomic mass is 9.77. The van der Waals surface area contributed by atoms with E-state index in [2.05, 4.69) is 13.0 Å². The number of allylic oxidation sites excluding steroid dienone is 2. The monoisotopic (exact) mass is 238 g/mol. The maximum absolute atomic E-state index is 10.5. The second kappa shape index (κ2) is 5.36. The Morgan fingerprint density at radius 3 is 2.47 bits per heavy atom. The molecule has 0 saturated carbocycles. The SMILES string of the molecule is CC1=CCC([C@@](C)(O)C/C=C/C(C)(C)O)CC1. The van der Waals surface area contributed by atoms with Gasteiger partial charge in [-0.2, -0.15) is 0 Å². The maximum Gasteiger partial charge on any atom is 0.0771 e. The first-order chi connectivity index (χ1) is 7.71. The molecule has 0 aliphatic heterocycles. The number of aliphatic hydroxyl groups is 2. The van der Waals surface area contributed by atoms with E-state index >= 15 is 0 Å². The maximum atomic E-state index is 10.5. The van der Waals surface area contributed by atoms with Crippen molar-refractivity contribution < 1.29 is 10.2 Å². The quantitative estimate of drug-likeness (QED) is 0.738. The van der Waals surface area contributed by atoms with Crippen LogP contribution in [0.3, 0.4) is 0 Å². The lowest BCUT2D eigenvalue weighted by molar-refractivity contribution is -0.00295. The summed E-state index contributed by atoms with van der Waals surface area (Å²) in [6.07, 6.45) is 9.62. The molecular formula is C15H26O2. The minimum atomic E-state index is -0.793. The van der Waals surface area contributed by atoms with Crippen molar-refractivity contribution in [3.63, 3.8) is 0 Å². The van der Waals surface area contributed by atoms with Crippen LogP contribution in [0.5, 0.6) is 0 Å². The second-order valence-corrected chi connectivity index (χ2v) is 6.14. The Morgan fingerprint density at radius 2 is 2.00 bits per heavy atom.